The van der Waals surface area contributed by atoms with Gasteiger partial charge in [0.25, 0.3) is 0 Å². The van der Waals surface area contributed by atoms with E-state index in [2.05, 4.69) is 15.7 Å². The van der Waals surface area contributed by atoms with Crippen LogP contribution in [0, 0.1) is 0 Å². The Morgan fingerprint density at radius 1 is 1.54 bits per heavy atom. The number of hydrogen-bond donors (Lipinski definition) is 1. The minimum absolute atomic E-state index is 0.738. The molecule has 0 spiro atoms. The van der Waals surface area contributed by atoms with E-state index in [1.807, 2.05) is 11.4 Å². The molecular weight excluding hydrogens is 224 g/mol. The van der Waals surface area contributed by atoms with Crippen LogP contribution in [-0.4, -0.2) is 4.98 Å². The van der Waals surface area contributed by atoms with Crippen molar-refractivity contribution in [3.05, 3.63) is 32.4 Å². The highest BCUT2D eigenvalue weighted by atomic mass is 35.5. The lowest BCUT2D eigenvalue weighted by Gasteiger charge is -1.98. The van der Waals surface area contributed by atoms with E-state index < -0.39 is 0 Å². The zero-order valence-electron chi connectivity index (χ0n) is 6.66. The van der Waals surface area contributed by atoms with Crippen LogP contribution in [0.4, 0.5) is 5.69 Å². The summed E-state index contributed by atoms with van der Waals surface area (Å²) >= 11 is 8.93. The molecule has 2 nitrogen and oxygen atoms in total. The fourth-order valence-electron chi connectivity index (χ4n) is 0.912. The Bertz CT molecular complexity index is 369. The highest BCUT2D eigenvalue weighted by Gasteiger charge is 1.99. The van der Waals surface area contributed by atoms with Crippen molar-refractivity contribution in [1.82, 2.24) is 4.98 Å². The summed E-state index contributed by atoms with van der Waals surface area (Å²) in [6.45, 7) is 0.744. The molecule has 0 aliphatic heterocycles. The third kappa shape index (κ3) is 2.43. The van der Waals surface area contributed by atoms with Gasteiger partial charge in [0.1, 0.15) is 9.34 Å². The molecular formula is C8H7ClN2S2. The summed E-state index contributed by atoms with van der Waals surface area (Å²) in [5.74, 6) is 0. The lowest BCUT2D eigenvalue weighted by molar-refractivity contribution is 1.11. The summed E-state index contributed by atoms with van der Waals surface area (Å²) in [5, 5.41) is 8.37. The van der Waals surface area contributed by atoms with Crippen molar-refractivity contribution >= 4 is 40.0 Å². The molecule has 0 aliphatic rings. The molecule has 2 aromatic rings. The summed E-state index contributed by atoms with van der Waals surface area (Å²) < 4.78 is 0.738. The molecule has 68 valence electrons. The normalized spacial score (nSPS) is 10.2. The first-order chi connectivity index (χ1) is 6.34. The van der Waals surface area contributed by atoms with Crippen molar-refractivity contribution in [1.29, 1.82) is 0 Å². The van der Waals surface area contributed by atoms with Crippen LogP contribution in [0.1, 0.15) is 5.01 Å². The summed E-state index contributed by atoms with van der Waals surface area (Å²) in [7, 11) is 0. The summed E-state index contributed by atoms with van der Waals surface area (Å²) in [4.78, 5) is 4.14. The topological polar surface area (TPSA) is 24.9 Å². The van der Waals surface area contributed by atoms with Crippen LogP contribution in [0.25, 0.3) is 0 Å². The molecule has 2 heterocycles. The molecule has 5 heteroatoms. The SMILES string of the molecule is Clc1cnc(CNc2ccsc2)s1. The molecule has 13 heavy (non-hydrogen) atoms. The molecule has 0 unspecified atom stereocenters. The second kappa shape index (κ2) is 4.09. The van der Waals surface area contributed by atoms with Crippen LogP contribution in [-0.2, 0) is 6.54 Å². The monoisotopic (exact) mass is 230 g/mol. The van der Waals surface area contributed by atoms with E-state index in [9.17, 15) is 0 Å². The summed E-state index contributed by atoms with van der Waals surface area (Å²) in [6, 6.07) is 2.04. The largest absolute Gasteiger partial charge is 0.378 e. The van der Waals surface area contributed by atoms with Gasteiger partial charge in [-0.15, -0.1) is 11.3 Å². The molecule has 0 saturated carbocycles. The van der Waals surface area contributed by atoms with Crippen LogP contribution in [0.3, 0.4) is 0 Å². The average Bonchev–Trinajstić information content (AvgIpc) is 2.71. The van der Waals surface area contributed by atoms with Crippen molar-refractivity contribution in [3.63, 3.8) is 0 Å². The minimum Gasteiger partial charge on any atom is -0.378 e. The molecule has 0 aliphatic carbocycles. The average molecular weight is 231 g/mol. The summed E-state index contributed by atoms with van der Waals surface area (Å²) in [6.07, 6.45) is 1.68. The lowest BCUT2D eigenvalue weighted by Crippen LogP contribution is -1.96. The van der Waals surface area contributed by atoms with Crippen molar-refractivity contribution in [3.8, 4) is 0 Å². The Kier molecular flexibility index (Phi) is 2.83. The molecule has 0 atom stereocenters. The van der Waals surface area contributed by atoms with E-state index in [4.69, 9.17) is 11.6 Å². The molecule has 2 aromatic heterocycles. The number of halogens is 1. The van der Waals surface area contributed by atoms with Gasteiger partial charge in [0, 0.05) is 11.1 Å². The van der Waals surface area contributed by atoms with Gasteiger partial charge in [0.2, 0.25) is 0 Å². The Hall–Kier alpha value is -0.580. The number of aromatic nitrogens is 1. The molecule has 0 aromatic carbocycles. The quantitative estimate of drug-likeness (QED) is 0.874. The Morgan fingerprint density at radius 3 is 3.08 bits per heavy atom. The molecule has 0 bridgehead atoms. The molecule has 0 fully saturated rings. The van der Waals surface area contributed by atoms with Crippen LogP contribution < -0.4 is 5.32 Å². The van der Waals surface area contributed by atoms with Crippen LogP contribution >= 0.6 is 34.3 Å². The Labute approximate surface area is 89.2 Å². The summed E-state index contributed by atoms with van der Waals surface area (Å²) in [5.41, 5.74) is 1.14. The fraction of sp³-hybridized carbons (Fsp3) is 0.125. The van der Waals surface area contributed by atoms with Crippen molar-refractivity contribution in [2.75, 3.05) is 5.32 Å². The number of hydrogen-bond acceptors (Lipinski definition) is 4. The molecule has 2 rings (SSSR count). The predicted octanol–water partition coefficient (Wildman–Crippen LogP) is 3.47. The van der Waals surface area contributed by atoms with E-state index in [1.54, 1.807) is 17.5 Å². The fourth-order valence-corrected chi connectivity index (χ4v) is 2.42. The molecule has 0 amide bonds. The number of anilines is 1. The van der Waals surface area contributed by atoms with Gasteiger partial charge in [-0.2, -0.15) is 11.3 Å². The number of nitrogens with zero attached hydrogens (tertiary/aromatic N) is 1. The maximum absolute atomic E-state index is 5.75. The maximum Gasteiger partial charge on any atom is 0.113 e. The van der Waals surface area contributed by atoms with Crippen LogP contribution in [0.2, 0.25) is 4.34 Å². The Balaban J connectivity index is 1.93. The van der Waals surface area contributed by atoms with Gasteiger partial charge >= 0.3 is 0 Å². The smallest absolute Gasteiger partial charge is 0.113 e. The zero-order chi connectivity index (χ0) is 9.10. The van der Waals surface area contributed by atoms with Gasteiger partial charge in [-0.25, -0.2) is 4.98 Å². The molecule has 1 N–H and O–H groups in total. The number of nitrogens with one attached hydrogen (secondary N) is 1. The van der Waals surface area contributed by atoms with Gasteiger partial charge in [0.05, 0.1) is 12.7 Å². The second-order valence-electron chi connectivity index (χ2n) is 2.42. The van der Waals surface area contributed by atoms with E-state index in [0.29, 0.717) is 0 Å². The first-order valence-electron chi connectivity index (χ1n) is 3.71. The zero-order valence-corrected chi connectivity index (χ0v) is 9.05. The maximum atomic E-state index is 5.75. The lowest BCUT2D eigenvalue weighted by atomic mass is 10.5. The first kappa shape index (κ1) is 8.99. The first-order valence-corrected chi connectivity index (χ1v) is 5.84. The van der Waals surface area contributed by atoms with E-state index in [-0.39, 0.29) is 0 Å². The molecule has 0 radical (unpaired) electrons. The third-order valence-corrected chi connectivity index (χ3v) is 3.29. The number of thiazole rings is 1. The van der Waals surface area contributed by atoms with E-state index in [0.717, 1.165) is 21.6 Å². The number of rotatable bonds is 3. The highest BCUT2D eigenvalue weighted by Crippen LogP contribution is 2.19. The van der Waals surface area contributed by atoms with E-state index >= 15 is 0 Å². The third-order valence-electron chi connectivity index (χ3n) is 1.49. The minimum atomic E-state index is 0.738. The highest BCUT2D eigenvalue weighted by molar-refractivity contribution is 7.15. The van der Waals surface area contributed by atoms with Crippen molar-refractivity contribution < 1.29 is 0 Å². The predicted molar refractivity (Wildman–Crippen MR) is 58.8 cm³/mol. The number of thiophene rings is 1. The van der Waals surface area contributed by atoms with Gasteiger partial charge in [0.15, 0.2) is 0 Å². The standard InChI is InChI=1S/C8H7ClN2S2/c9-7-3-11-8(13-7)4-10-6-1-2-12-5-6/h1-3,5,10H,4H2. The van der Waals surface area contributed by atoms with E-state index in [1.165, 1.54) is 11.3 Å². The van der Waals surface area contributed by atoms with Gasteiger partial charge in [-0.05, 0) is 11.4 Å². The molecule has 0 saturated heterocycles. The van der Waals surface area contributed by atoms with Crippen LogP contribution in [0.15, 0.2) is 23.0 Å². The second-order valence-corrected chi connectivity index (χ2v) is 4.95. The van der Waals surface area contributed by atoms with Crippen LogP contribution in [0.5, 0.6) is 0 Å². The van der Waals surface area contributed by atoms with Gasteiger partial charge in [-0.3, -0.25) is 0 Å². The van der Waals surface area contributed by atoms with Gasteiger partial charge < -0.3 is 5.32 Å². The van der Waals surface area contributed by atoms with Crippen molar-refractivity contribution in [2.45, 2.75) is 6.54 Å². The van der Waals surface area contributed by atoms with Gasteiger partial charge in [-0.1, -0.05) is 11.6 Å². The Morgan fingerprint density at radius 2 is 2.46 bits per heavy atom. The van der Waals surface area contributed by atoms with Crippen molar-refractivity contribution in [2.24, 2.45) is 0 Å².